The maximum atomic E-state index is 5.67. The van der Waals surface area contributed by atoms with E-state index < -0.39 is 8.07 Å². The first-order valence-electron chi connectivity index (χ1n) is 24.7. The predicted molar refractivity (Wildman–Crippen MR) is 301 cm³/mol. The van der Waals surface area contributed by atoms with E-state index in [9.17, 15) is 0 Å². The summed E-state index contributed by atoms with van der Waals surface area (Å²) in [7, 11) is -2.71. The molecule has 71 heavy (non-hydrogen) atoms. The zero-order chi connectivity index (χ0) is 47.6. The summed E-state index contributed by atoms with van der Waals surface area (Å²) in [6.45, 7) is 2.43. The van der Waals surface area contributed by atoms with Crippen LogP contribution in [0.5, 0.6) is 0 Å². The van der Waals surface area contributed by atoms with Gasteiger partial charge in [0.15, 0.2) is 23.7 Å². The van der Waals surface area contributed by atoms with E-state index in [0.29, 0.717) is 11.7 Å². The lowest BCUT2D eigenvalue weighted by Gasteiger charge is -2.49. The molecule has 9 aromatic rings. The van der Waals surface area contributed by atoms with Crippen LogP contribution in [0.3, 0.4) is 0 Å². The number of nitrogens with zero attached hydrogens (tertiary/aromatic N) is 4. The molecule has 2 heterocycles. The van der Waals surface area contributed by atoms with E-state index in [1.165, 1.54) is 36.7 Å². The zero-order valence-electron chi connectivity index (χ0n) is 39.7. The molecule has 0 N–H and O–H groups in total. The van der Waals surface area contributed by atoms with Crippen LogP contribution in [0.15, 0.2) is 281 Å². The highest BCUT2D eigenvalue weighted by Crippen LogP contribution is 2.48. The number of benzene rings is 8. The predicted octanol–water partition coefficient (Wildman–Crippen LogP) is 15.1. The van der Waals surface area contributed by atoms with Crippen LogP contribution in [0.2, 0.25) is 0 Å². The van der Waals surface area contributed by atoms with Crippen molar-refractivity contribution in [3.8, 4) is 33.8 Å². The minimum Gasteiger partial charge on any atom is -0.314 e. The van der Waals surface area contributed by atoms with Gasteiger partial charge < -0.3 is 4.90 Å². The third-order valence-electron chi connectivity index (χ3n) is 14.2. The van der Waals surface area contributed by atoms with Crippen molar-refractivity contribution in [1.29, 1.82) is 0 Å². The fourth-order valence-corrected chi connectivity index (χ4v) is 17.8. The molecule has 342 valence electrons. The Hall–Kier alpha value is -8.03. The minimum atomic E-state index is -2.71. The van der Waals surface area contributed by atoms with Gasteiger partial charge in [0, 0.05) is 51.6 Å². The molecule has 0 fully saturated rings. The summed E-state index contributed by atoms with van der Waals surface area (Å²) in [5.74, 6) is 1.87. The summed E-state index contributed by atoms with van der Waals surface area (Å²) >= 11 is 1.09. The lowest BCUT2D eigenvalue weighted by atomic mass is 10.0. The molecule has 2 atom stereocenters. The van der Waals surface area contributed by atoms with E-state index in [1.807, 2.05) is 0 Å². The summed E-state index contributed by atoms with van der Waals surface area (Å²) in [5, 5.41) is 5.93. The van der Waals surface area contributed by atoms with Crippen molar-refractivity contribution in [2.24, 2.45) is 5.92 Å². The zero-order valence-corrected chi connectivity index (χ0v) is 41.6. The monoisotopic (exact) mass is 949 g/mol. The van der Waals surface area contributed by atoms with Crippen molar-refractivity contribution >= 4 is 58.8 Å². The quantitative estimate of drug-likeness (QED) is 0.0735. The number of thiol groups is 1. The molecule has 6 heteroatoms. The molecule has 1 aromatic heterocycles. The van der Waals surface area contributed by atoms with Gasteiger partial charge in [-0.3, -0.25) is 4.90 Å². The van der Waals surface area contributed by atoms with Crippen molar-refractivity contribution in [2.75, 3.05) is 9.80 Å². The number of hydrogen-bond acceptors (Lipinski definition) is 4. The second-order valence-electron chi connectivity index (χ2n) is 18.5. The third-order valence-corrected chi connectivity index (χ3v) is 20.6. The van der Waals surface area contributed by atoms with Gasteiger partial charge >= 0.3 is 0 Å². The van der Waals surface area contributed by atoms with E-state index in [-0.39, 0.29) is 0 Å². The Morgan fingerprint density at radius 2 is 1.25 bits per heavy atom. The van der Waals surface area contributed by atoms with Crippen LogP contribution >= 0.6 is 0 Å². The Morgan fingerprint density at radius 3 is 2.04 bits per heavy atom. The first-order chi connectivity index (χ1) is 35.1. The lowest BCUT2D eigenvalue weighted by molar-refractivity contribution is 0.715. The van der Waals surface area contributed by atoms with E-state index >= 15 is 0 Å². The van der Waals surface area contributed by atoms with Crippen molar-refractivity contribution in [2.45, 2.75) is 36.0 Å². The van der Waals surface area contributed by atoms with Crippen molar-refractivity contribution in [1.82, 2.24) is 9.97 Å². The molecule has 8 aromatic carbocycles. The topological polar surface area (TPSA) is 32.3 Å². The SMILES string of the molecule is CC1CC=CC=C1[Si]1(c2ccccc2)C2=C(CCC=C2)N(c2cccc(-c3nc(-c4ccccc4)cc(N(c4ccccc4[SH+]c4ccccc4)c4ccccc4-c4ccccc4)n3)c2)c2ccccc21. The Labute approximate surface area is 422 Å². The molecule has 1 aliphatic heterocycles. The molecule has 4 nitrogen and oxygen atoms in total. The lowest BCUT2D eigenvalue weighted by Crippen LogP contribution is -2.66. The fourth-order valence-electron chi connectivity index (χ4n) is 11.0. The highest BCUT2D eigenvalue weighted by Gasteiger charge is 2.52. The Bertz CT molecular complexity index is 3520. The van der Waals surface area contributed by atoms with Gasteiger partial charge in [-0.2, -0.15) is 0 Å². The Balaban J connectivity index is 1.07. The summed E-state index contributed by atoms with van der Waals surface area (Å²) in [6.07, 6.45) is 15.0. The van der Waals surface area contributed by atoms with E-state index in [0.717, 1.165) is 81.9 Å². The molecule has 0 amide bonds. The van der Waals surface area contributed by atoms with Crippen LogP contribution in [0.1, 0.15) is 26.2 Å². The maximum Gasteiger partial charge on any atom is 0.182 e. The van der Waals surface area contributed by atoms with Crippen LogP contribution in [0, 0.1) is 5.92 Å². The van der Waals surface area contributed by atoms with Gasteiger partial charge in [-0.15, -0.1) is 0 Å². The first kappa shape index (κ1) is 44.2. The van der Waals surface area contributed by atoms with Gasteiger partial charge in [0.25, 0.3) is 0 Å². The molecule has 2 unspecified atom stereocenters. The fraction of sp³-hybridized carbons (Fsp3) is 0.0769. The summed E-state index contributed by atoms with van der Waals surface area (Å²) in [6, 6.07) is 81.2. The second-order valence-corrected chi connectivity index (χ2v) is 23.4. The molecule has 12 rings (SSSR count). The molecule has 0 spiro atoms. The average molecular weight is 950 g/mol. The Morgan fingerprint density at radius 1 is 0.592 bits per heavy atom. The normalized spacial score (nSPS) is 17.1. The smallest absolute Gasteiger partial charge is 0.182 e. The number of anilines is 5. The van der Waals surface area contributed by atoms with Crippen LogP contribution < -0.4 is 20.2 Å². The molecule has 0 saturated heterocycles. The van der Waals surface area contributed by atoms with Crippen LogP contribution in [0.4, 0.5) is 28.6 Å². The number of allylic oxidation sites excluding steroid dienone is 8. The highest BCUT2D eigenvalue weighted by atomic mass is 32.2. The van der Waals surface area contributed by atoms with E-state index in [1.54, 1.807) is 5.20 Å². The van der Waals surface area contributed by atoms with Gasteiger partial charge in [-0.05, 0) is 94.8 Å². The highest BCUT2D eigenvalue weighted by molar-refractivity contribution is 7.78. The van der Waals surface area contributed by atoms with Crippen molar-refractivity contribution < 1.29 is 0 Å². The largest absolute Gasteiger partial charge is 0.314 e. The second kappa shape index (κ2) is 19.4. The van der Waals surface area contributed by atoms with Gasteiger partial charge in [-0.1, -0.05) is 212 Å². The van der Waals surface area contributed by atoms with Crippen LogP contribution in [0.25, 0.3) is 33.8 Å². The molecule has 0 saturated carbocycles. The van der Waals surface area contributed by atoms with Crippen LogP contribution in [-0.2, 0) is 11.8 Å². The van der Waals surface area contributed by atoms with Crippen molar-refractivity contribution in [3.63, 3.8) is 0 Å². The van der Waals surface area contributed by atoms with Gasteiger partial charge in [0.05, 0.1) is 11.4 Å². The molecule has 0 bridgehead atoms. The number of fused-ring (bicyclic) bond motifs is 1. The van der Waals surface area contributed by atoms with Gasteiger partial charge in [-0.25, -0.2) is 9.97 Å². The van der Waals surface area contributed by atoms with E-state index in [4.69, 9.17) is 9.97 Å². The number of para-hydroxylation sites is 3. The average Bonchev–Trinajstić information content (AvgIpc) is 3.44. The molecular weight excluding hydrogens is 897 g/mol. The Kier molecular flexibility index (Phi) is 12.1. The number of rotatable bonds is 11. The first-order valence-corrected chi connectivity index (χ1v) is 27.6. The van der Waals surface area contributed by atoms with E-state index in [2.05, 4.69) is 272 Å². The van der Waals surface area contributed by atoms with Crippen LogP contribution in [-0.4, -0.2) is 18.0 Å². The summed E-state index contributed by atoms with van der Waals surface area (Å²) < 4.78 is 0. The number of hydrogen-bond donors (Lipinski definition) is 0. The maximum absolute atomic E-state index is 5.67. The minimum absolute atomic E-state index is 0.422. The molecule has 0 radical (unpaired) electrons. The van der Waals surface area contributed by atoms with Gasteiger partial charge in [0.2, 0.25) is 0 Å². The summed E-state index contributed by atoms with van der Waals surface area (Å²) in [4.78, 5) is 18.5. The third kappa shape index (κ3) is 8.19. The number of aromatic nitrogens is 2. The summed E-state index contributed by atoms with van der Waals surface area (Å²) in [5.41, 5.74) is 10.9. The van der Waals surface area contributed by atoms with Crippen molar-refractivity contribution in [3.05, 3.63) is 271 Å². The van der Waals surface area contributed by atoms with Gasteiger partial charge in [0.1, 0.15) is 11.5 Å². The molecule has 2 aliphatic carbocycles. The molecule has 3 aliphatic rings. The molecular formula is C65H53N4SSi+. The standard InChI is InChI=1S/C65H52N4SSi/c1-47-25-14-21-42-61(47)71(53-34-12-5-13-35-53)62-43-22-18-39-58(62)68(59-40-19-23-44-63(59)71)51-31-24-30-50(45-51)65-66-55(49-28-8-3-9-29-49)46-64(67-65)69(56-37-16-15-36-54(56)48-26-6-2-7-27-48)57-38-17-20-41-60(57)70-52-32-10-4-11-33-52/h2-18,20-24,26-39,41-47H,19,25,40H2,1H3/p+1.